The van der Waals surface area contributed by atoms with E-state index in [9.17, 15) is 0 Å². The van der Waals surface area contributed by atoms with Gasteiger partial charge in [-0.05, 0) is 48.2 Å². The van der Waals surface area contributed by atoms with Crippen LogP contribution in [0.1, 0.15) is 58.6 Å². The second-order valence-corrected chi connectivity index (χ2v) is 6.51. The molecule has 0 unspecified atom stereocenters. The smallest absolute Gasteiger partial charge is 0.231 e. The fourth-order valence-corrected chi connectivity index (χ4v) is 2.74. The highest BCUT2D eigenvalue weighted by atomic mass is 16.7. The van der Waals surface area contributed by atoms with Gasteiger partial charge in [0, 0.05) is 7.05 Å². The van der Waals surface area contributed by atoms with Crippen LogP contribution in [0.15, 0.2) is 36.4 Å². The first-order chi connectivity index (χ1) is 13.5. The van der Waals surface area contributed by atoms with Crippen LogP contribution in [0.3, 0.4) is 0 Å². The first-order valence-corrected chi connectivity index (χ1v) is 10.4. The quantitative estimate of drug-likeness (QED) is 0.565. The van der Waals surface area contributed by atoms with Crippen molar-refractivity contribution in [1.82, 2.24) is 0 Å². The summed E-state index contributed by atoms with van der Waals surface area (Å²) in [6.07, 6.45) is 0. The summed E-state index contributed by atoms with van der Waals surface area (Å²) in [4.78, 5) is 2.22. The van der Waals surface area contributed by atoms with Crippen LogP contribution in [-0.2, 0) is 0 Å². The third-order valence-corrected chi connectivity index (χ3v) is 4.27. The SMILES string of the molecule is CC.CC.CC(C)c1ccc2c(c1)OCO2.Cc1ccc2c(c1)OCCN2C. The summed E-state index contributed by atoms with van der Waals surface area (Å²) in [5, 5.41) is 0. The molecule has 0 saturated carbocycles. The van der Waals surface area contributed by atoms with Gasteiger partial charge in [0.1, 0.15) is 12.4 Å². The molecule has 2 aliphatic heterocycles. The minimum Gasteiger partial charge on any atom is -0.490 e. The molecule has 4 nitrogen and oxygen atoms in total. The van der Waals surface area contributed by atoms with E-state index in [-0.39, 0.29) is 0 Å². The van der Waals surface area contributed by atoms with Gasteiger partial charge in [-0.2, -0.15) is 0 Å². The zero-order valence-electron chi connectivity index (χ0n) is 18.8. The van der Waals surface area contributed by atoms with Gasteiger partial charge in [0.15, 0.2) is 11.5 Å². The number of aryl methyl sites for hydroxylation is 1. The minimum atomic E-state index is 0.358. The molecule has 0 aromatic heterocycles. The van der Waals surface area contributed by atoms with Gasteiger partial charge in [0.25, 0.3) is 0 Å². The molecule has 0 fully saturated rings. The Morgan fingerprint density at radius 1 is 0.821 bits per heavy atom. The van der Waals surface area contributed by atoms with E-state index in [4.69, 9.17) is 14.2 Å². The van der Waals surface area contributed by atoms with Gasteiger partial charge in [0.2, 0.25) is 6.79 Å². The molecule has 2 heterocycles. The Kier molecular flexibility index (Phi) is 10.3. The average molecular weight is 388 g/mol. The molecule has 0 radical (unpaired) electrons. The maximum atomic E-state index is 5.53. The van der Waals surface area contributed by atoms with Crippen LogP contribution in [0, 0.1) is 6.92 Å². The van der Waals surface area contributed by atoms with Crippen molar-refractivity contribution >= 4 is 5.69 Å². The summed E-state index contributed by atoms with van der Waals surface area (Å²) in [6, 6.07) is 12.4. The van der Waals surface area contributed by atoms with Crippen molar-refractivity contribution in [1.29, 1.82) is 0 Å². The van der Waals surface area contributed by atoms with Crippen molar-refractivity contribution in [2.45, 2.75) is 54.4 Å². The van der Waals surface area contributed by atoms with Gasteiger partial charge in [-0.25, -0.2) is 0 Å². The summed E-state index contributed by atoms with van der Waals surface area (Å²) in [7, 11) is 2.09. The van der Waals surface area contributed by atoms with E-state index in [0.717, 1.165) is 30.4 Å². The van der Waals surface area contributed by atoms with Crippen LogP contribution in [0.25, 0.3) is 0 Å². The van der Waals surface area contributed by atoms with Gasteiger partial charge >= 0.3 is 0 Å². The van der Waals surface area contributed by atoms with Gasteiger partial charge < -0.3 is 19.1 Å². The summed E-state index contributed by atoms with van der Waals surface area (Å²) in [5.41, 5.74) is 3.75. The summed E-state index contributed by atoms with van der Waals surface area (Å²) < 4.78 is 16.0. The Morgan fingerprint density at radius 3 is 2.18 bits per heavy atom. The molecule has 0 spiro atoms. The van der Waals surface area contributed by atoms with Crippen molar-refractivity contribution in [2.24, 2.45) is 0 Å². The summed E-state index contributed by atoms with van der Waals surface area (Å²) >= 11 is 0. The molecule has 0 saturated heterocycles. The number of hydrogen-bond donors (Lipinski definition) is 0. The molecule has 0 N–H and O–H groups in total. The van der Waals surface area contributed by atoms with Crippen molar-refractivity contribution in [3.8, 4) is 17.2 Å². The fraction of sp³-hybridized carbons (Fsp3) is 0.500. The Morgan fingerprint density at radius 2 is 1.50 bits per heavy atom. The van der Waals surface area contributed by atoms with Crippen LogP contribution in [0.5, 0.6) is 17.2 Å². The third-order valence-electron chi connectivity index (χ3n) is 4.27. The molecule has 0 amide bonds. The standard InChI is InChI=1S/C10H13NO.C10H12O2.2C2H6/c1-8-3-4-9-10(7-8)12-6-5-11(9)2;1-7(2)8-3-4-9-10(5-8)12-6-11-9;2*1-2/h3-4,7H,5-6H2,1-2H3;3-5,7H,6H2,1-2H3;2*1-2H3. The number of benzene rings is 2. The Hall–Kier alpha value is -2.36. The number of ether oxygens (including phenoxy) is 3. The van der Waals surface area contributed by atoms with E-state index in [2.05, 4.69) is 57.0 Å². The predicted molar refractivity (Wildman–Crippen MR) is 119 cm³/mol. The lowest BCUT2D eigenvalue weighted by Gasteiger charge is -2.27. The topological polar surface area (TPSA) is 30.9 Å². The molecule has 4 heteroatoms. The Bertz CT molecular complexity index is 713. The molecule has 2 aromatic carbocycles. The number of fused-ring (bicyclic) bond motifs is 2. The van der Waals surface area contributed by atoms with E-state index in [1.165, 1.54) is 16.8 Å². The van der Waals surface area contributed by atoms with E-state index in [1.807, 2.05) is 39.8 Å². The lowest BCUT2D eigenvalue weighted by molar-refractivity contribution is 0.174. The summed E-state index contributed by atoms with van der Waals surface area (Å²) in [6.45, 7) is 16.5. The highest BCUT2D eigenvalue weighted by molar-refractivity contribution is 5.60. The monoisotopic (exact) mass is 387 g/mol. The Balaban J connectivity index is 0.000000238. The molecule has 2 aliphatic rings. The van der Waals surface area contributed by atoms with Gasteiger partial charge in [-0.3, -0.25) is 0 Å². The van der Waals surface area contributed by atoms with Gasteiger partial charge in [-0.1, -0.05) is 53.7 Å². The largest absolute Gasteiger partial charge is 0.490 e. The zero-order valence-corrected chi connectivity index (χ0v) is 18.8. The van der Waals surface area contributed by atoms with E-state index in [1.54, 1.807) is 0 Å². The molecule has 28 heavy (non-hydrogen) atoms. The number of likely N-dealkylation sites (N-methyl/N-ethyl adjacent to an activating group) is 1. The normalized spacial score (nSPS) is 13.0. The highest BCUT2D eigenvalue weighted by Gasteiger charge is 2.14. The molecule has 0 aliphatic carbocycles. The lowest BCUT2D eigenvalue weighted by atomic mass is 10.0. The van der Waals surface area contributed by atoms with Crippen molar-refractivity contribution in [3.63, 3.8) is 0 Å². The molecular formula is C24H37NO3. The fourth-order valence-electron chi connectivity index (χ4n) is 2.74. The molecular weight excluding hydrogens is 350 g/mol. The van der Waals surface area contributed by atoms with Crippen LogP contribution >= 0.6 is 0 Å². The molecule has 2 aromatic rings. The maximum absolute atomic E-state index is 5.53. The van der Waals surface area contributed by atoms with Crippen LogP contribution in [-0.4, -0.2) is 27.0 Å². The average Bonchev–Trinajstić information content (AvgIpc) is 3.19. The number of nitrogens with zero attached hydrogens (tertiary/aromatic N) is 1. The first kappa shape index (κ1) is 23.7. The van der Waals surface area contributed by atoms with Gasteiger partial charge in [-0.15, -0.1) is 0 Å². The zero-order chi connectivity index (χ0) is 21.1. The molecule has 0 atom stereocenters. The van der Waals surface area contributed by atoms with Crippen LogP contribution in [0.4, 0.5) is 5.69 Å². The first-order valence-electron chi connectivity index (χ1n) is 10.4. The van der Waals surface area contributed by atoms with E-state index >= 15 is 0 Å². The van der Waals surface area contributed by atoms with Crippen molar-refractivity contribution < 1.29 is 14.2 Å². The maximum Gasteiger partial charge on any atom is 0.231 e. The number of rotatable bonds is 1. The van der Waals surface area contributed by atoms with Gasteiger partial charge in [0.05, 0.1) is 12.2 Å². The molecule has 4 rings (SSSR count). The number of anilines is 1. The lowest BCUT2D eigenvalue weighted by Crippen LogP contribution is -2.28. The summed E-state index contributed by atoms with van der Waals surface area (Å²) in [5.74, 6) is 3.30. The Labute approximate surface area is 171 Å². The minimum absolute atomic E-state index is 0.358. The van der Waals surface area contributed by atoms with Crippen LogP contribution < -0.4 is 19.1 Å². The predicted octanol–water partition coefficient (Wildman–Crippen LogP) is 6.41. The molecule has 0 bridgehead atoms. The van der Waals surface area contributed by atoms with Crippen molar-refractivity contribution in [2.75, 3.05) is 31.9 Å². The molecule has 156 valence electrons. The number of hydrogen-bond acceptors (Lipinski definition) is 4. The van der Waals surface area contributed by atoms with Crippen molar-refractivity contribution in [3.05, 3.63) is 47.5 Å². The van der Waals surface area contributed by atoms with E-state index < -0.39 is 0 Å². The highest BCUT2D eigenvalue weighted by Crippen LogP contribution is 2.34. The third kappa shape index (κ3) is 6.36. The second-order valence-electron chi connectivity index (χ2n) is 6.51. The van der Waals surface area contributed by atoms with Crippen LogP contribution in [0.2, 0.25) is 0 Å². The second kappa shape index (κ2) is 12.2. The van der Waals surface area contributed by atoms with E-state index in [0.29, 0.717) is 12.7 Å².